The van der Waals surface area contributed by atoms with E-state index in [-0.39, 0.29) is 5.91 Å². The summed E-state index contributed by atoms with van der Waals surface area (Å²) in [5, 5.41) is 2.97. The van der Waals surface area contributed by atoms with Crippen LogP contribution in [0, 0.1) is 13.8 Å². The molecule has 1 N–H and O–H groups in total. The highest BCUT2D eigenvalue weighted by molar-refractivity contribution is 5.80. The Morgan fingerprint density at radius 1 is 1.04 bits per heavy atom. The van der Waals surface area contributed by atoms with Gasteiger partial charge in [-0.05, 0) is 67.9 Å². The summed E-state index contributed by atoms with van der Waals surface area (Å²) in [6, 6.07) is 14.8. The number of benzene rings is 2. The van der Waals surface area contributed by atoms with E-state index >= 15 is 0 Å². The molecule has 0 saturated heterocycles. The number of rotatable bonds is 8. The third-order valence-electron chi connectivity index (χ3n) is 4.60. The maximum absolute atomic E-state index is 12.2. The molecule has 0 bridgehead atoms. The van der Waals surface area contributed by atoms with Gasteiger partial charge in [-0.2, -0.15) is 0 Å². The molecular weight excluding hydrogens is 322 g/mol. The van der Waals surface area contributed by atoms with Crippen LogP contribution in [0.1, 0.15) is 55.4 Å². The van der Waals surface area contributed by atoms with Gasteiger partial charge in [-0.3, -0.25) is 4.79 Å². The van der Waals surface area contributed by atoms with Gasteiger partial charge in [0.1, 0.15) is 5.75 Å². The van der Waals surface area contributed by atoms with Crippen LogP contribution in [0.25, 0.3) is 0 Å². The van der Waals surface area contributed by atoms with Crippen molar-refractivity contribution in [1.29, 1.82) is 0 Å². The first-order valence-electron chi connectivity index (χ1n) is 9.47. The zero-order valence-electron chi connectivity index (χ0n) is 16.6. The molecule has 26 heavy (non-hydrogen) atoms. The third-order valence-corrected chi connectivity index (χ3v) is 4.60. The van der Waals surface area contributed by atoms with Crippen LogP contribution in [0.4, 0.5) is 0 Å². The molecule has 0 fully saturated rings. The monoisotopic (exact) mass is 353 g/mol. The van der Waals surface area contributed by atoms with Crippen LogP contribution in [-0.4, -0.2) is 18.6 Å². The topological polar surface area (TPSA) is 38.3 Å². The lowest BCUT2D eigenvalue weighted by Crippen LogP contribution is -2.37. The van der Waals surface area contributed by atoms with Crippen LogP contribution >= 0.6 is 0 Å². The van der Waals surface area contributed by atoms with Gasteiger partial charge in [0.2, 0.25) is 0 Å². The van der Waals surface area contributed by atoms with Gasteiger partial charge in [-0.25, -0.2) is 0 Å². The molecule has 2 aromatic rings. The van der Waals surface area contributed by atoms with Crippen LogP contribution in [0.3, 0.4) is 0 Å². The van der Waals surface area contributed by atoms with E-state index in [1.165, 1.54) is 11.1 Å². The molecule has 140 valence electrons. The van der Waals surface area contributed by atoms with Gasteiger partial charge in [0.15, 0.2) is 6.10 Å². The highest BCUT2D eigenvalue weighted by atomic mass is 16.5. The maximum atomic E-state index is 12.2. The van der Waals surface area contributed by atoms with E-state index in [1.54, 1.807) is 6.92 Å². The van der Waals surface area contributed by atoms with Gasteiger partial charge in [0.05, 0.1) is 0 Å². The fourth-order valence-corrected chi connectivity index (χ4v) is 2.80. The second-order valence-corrected chi connectivity index (χ2v) is 7.32. The molecule has 1 amide bonds. The maximum Gasteiger partial charge on any atom is 0.260 e. The molecular formula is C23H31NO2. The van der Waals surface area contributed by atoms with Gasteiger partial charge in [0.25, 0.3) is 5.91 Å². The molecule has 0 aliphatic rings. The van der Waals surface area contributed by atoms with Gasteiger partial charge in [-0.15, -0.1) is 0 Å². The summed E-state index contributed by atoms with van der Waals surface area (Å²) in [4.78, 5) is 12.2. The molecule has 3 heteroatoms. The second kappa shape index (κ2) is 9.42. The molecule has 0 heterocycles. The Labute approximate surface area is 157 Å². The fraction of sp³-hybridized carbons (Fsp3) is 0.435. The third kappa shape index (κ3) is 5.91. The van der Waals surface area contributed by atoms with E-state index in [4.69, 9.17) is 4.74 Å². The summed E-state index contributed by atoms with van der Waals surface area (Å²) in [6.07, 6.45) is 1.38. The van der Waals surface area contributed by atoms with Gasteiger partial charge in [0, 0.05) is 6.54 Å². The lowest BCUT2D eigenvalue weighted by atomic mass is 10.0. The number of amides is 1. The minimum Gasteiger partial charge on any atom is -0.481 e. The molecule has 0 aliphatic carbocycles. The van der Waals surface area contributed by atoms with E-state index in [1.807, 2.05) is 32.0 Å². The van der Waals surface area contributed by atoms with Crippen LogP contribution in [0.15, 0.2) is 42.5 Å². The van der Waals surface area contributed by atoms with Crippen molar-refractivity contribution in [1.82, 2.24) is 5.32 Å². The zero-order chi connectivity index (χ0) is 19.1. The van der Waals surface area contributed by atoms with E-state index in [0.717, 1.165) is 29.7 Å². The van der Waals surface area contributed by atoms with Gasteiger partial charge < -0.3 is 10.1 Å². The Bertz CT molecular complexity index is 719. The second-order valence-electron chi connectivity index (χ2n) is 7.32. The Hall–Kier alpha value is -2.29. The quantitative estimate of drug-likeness (QED) is 0.682. The van der Waals surface area contributed by atoms with E-state index in [2.05, 4.69) is 43.4 Å². The van der Waals surface area contributed by atoms with Crippen molar-refractivity contribution in [3.05, 3.63) is 64.7 Å². The van der Waals surface area contributed by atoms with E-state index in [9.17, 15) is 4.79 Å². The summed E-state index contributed by atoms with van der Waals surface area (Å²) in [5.41, 5.74) is 4.84. The molecule has 0 spiro atoms. The van der Waals surface area contributed by atoms with Crippen molar-refractivity contribution in [2.45, 2.75) is 59.5 Å². The van der Waals surface area contributed by atoms with Gasteiger partial charge in [-0.1, -0.05) is 50.2 Å². The van der Waals surface area contributed by atoms with Crippen LogP contribution < -0.4 is 10.1 Å². The number of nitrogens with one attached hydrogen (secondary N) is 1. The predicted octanol–water partition coefficient (Wildman–Crippen LogP) is 4.94. The van der Waals surface area contributed by atoms with Crippen molar-refractivity contribution in [3.63, 3.8) is 0 Å². The molecule has 0 radical (unpaired) electrons. The molecule has 1 unspecified atom stereocenters. The predicted molar refractivity (Wildman–Crippen MR) is 108 cm³/mol. The first kappa shape index (κ1) is 20.0. The Morgan fingerprint density at radius 2 is 1.73 bits per heavy atom. The minimum absolute atomic E-state index is 0.0685. The standard InChI is InChI=1S/C23H31NO2/c1-16(2)21-12-10-20(11-13-21)7-6-14-24-23(25)19(5)26-22-15-17(3)8-9-18(22)4/h8-13,15-16,19H,6-7,14H2,1-5H3,(H,24,25). The van der Waals surface area contributed by atoms with Crippen molar-refractivity contribution >= 4 is 5.91 Å². The summed E-state index contributed by atoms with van der Waals surface area (Å²) < 4.78 is 5.83. The first-order chi connectivity index (χ1) is 12.4. The van der Waals surface area contributed by atoms with E-state index < -0.39 is 6.10 Å². The number of carbonyl (C=O) groups excluding carboxylic acids is 1. The van der Waals surface area contributed by atoms with Crippen LogP contribution in [0.2, 0.25) is 0 Å². The molecule has 2 rings (SSSR count). The average molecular weight is 354 g/mol. The average Bonchev–Trinajstić information content (AvgIpc) is 2.62. The van der Waals surface area contributed by atoms with Crippen LogP contribution in [-0.2, 0) is 11.2 Å². The smallest absolute Gasteiger partial charge is 0.260 e. The lowest BCUT2D eigenvalue weighted by molar-refractivity contribution is -0.127. The summed E-state index contributed by atoms with van der Waals surface area (Å²) in [5.74, 6) is 1.26. The normalized spacial score (nSPS) is 12.1. The van der Waals surface area contributed by atoms with Gasteiger partial charge >= 0.3 is 0 Å². The number of ether oxygens (including phenoxy) is 1. The Morgan fingerprint density at radius 3 is 2.38 bits per heavy atom. The Kier molecular flexibility index (Phi) is 7.26. The molecule has 1 atom stereocenters. The first-order valence-corrected chi connectivity index (χ1v) is 9.47. The highest BCUT2D eigenvalue weighted by Crippen LogP contribution is 2.20. The van der Waals surface area contributed by atoms with Crippen molar-refractivity contribution in [2.75, 3.05) is 6.54 Å². The minimum atomic E-state index is -0.499. The molecule has 0 saturated carbocycles. The Balaban J connectivity index is 1.74. The van der Waals surface area contributed by atoms with Crippen molar-refractivity contribution in [2.24, 2.45) is 0 Å². The SMILES string of the molecule is Cc1ccc(C)c(OC(C)C(=O)NCCCc2ccc(C(C)C)cc2)c1. The largest absolute Gasteiger partial charge is 0.481 e. The number of carbonyl (C=O) groups is 1. The van der Waals surface area contributed by atoms with E-state index in [0.29, 0.717) is 12.5 Å². The zero-order valence-corrected chi connectivity index (χ0v) is 16.6. The molecule has 2 aromatic carbocycles. The lowest BCUT2D eigenvalue weighted by Gasteiger charge is -2.16. The van der Waals surface area contributed by atoms with Crippen molar-refractivity contribution < 1.29 is 9.53 Å². The molecule has 0 aliphatic heterocycles. The summed E-state index contributed by atoms with van der Waals surface area (Å²) in [7, 11) is 0. The molecule has 3 nitrogen and oxygen atoms in total. The van der Waals surface area contributed by atoms with Crippen LogP contribution in [0.5, 0.6) is 5.75 Å². The summed E-state index contributed by atoms with van der Waals surface area (Å²) >= 11 is 0. The number of hydrogen-bond donors (Lipinski definition) is 1. The summed E-state index contributed by atoms with van der Waals surface area (Å²) in [6.45, 7) is 10.9. The number of hydrogen-bond acceptors (Lipinski definition) is 2. The van der Waals surface area contributed by atoms with Crippen molar-refractivity contribution in [3.8, 4) is 5.75 Å². The fourth-order valence-electron chi connectivity index (χ4n) is 2.80. The molecule has 0 aromatic heterocycles. The highest BCUT2D eigenvalue weighted by Gasteiger charge is 2.15. The number of aryl methyl sites for hydroxylation is 3.